The molecule has 0 aliphatic carbocycles. The summed E-state index contributed by atoms with van der Waals surface area (Å²) < 4.78 is 0. The van der Waals surface area contributed by atoms with Crippen LogP contribution in [0.5, 0.6) is 0 Å². The lowest BCUT2D eigenvalue weighted by Crippen LogP contribution is -2.19. The number of nitrogens with one attached hydrogen (secondary N) is 2. The molecule has 0 amide bonds. The first-order valence-corrected chi connectivity index (χ1v) is 9.20. The molecule has 26 heavy (non-hydrogen) atoms. The number of rotatable bonds is 7. The molecule has 0 spiro atoms. The summed E-state index contributed by atoms with van der Waals surface area (Å²) in [7, 11) is 3.99. The second-order valence-electron chi connectivity index (χ2n) is 5.48. The number of amidine groups is 2. The molecule has 0 bridgehead atoms. The second-order valence-corrected chi connectivity index (χ2v) is 6.33. The van der Waals surface area contributed by atoms with Gasteiger partial charge in [-0.2, -0.15) is 5.10 Å². The fourth-order valence-corrected chi connectivity index (χ4v) is 2.32. The monoisotopic (exact) mass is 393 g/mol. The van der Waals surface area contributed by atoms with Crippen LogP contribution >= 0.6 is 25.3 Å². The molecule has 9 heteroatoms. The molecule has 1 aromatic rings. The molecule has 7 nitrogen and oxygen atoms in total. The van der Waals surface area contributed by atoms with Crippen molar-refractivity contribution in [2.45, 2.75) is 20.8 Å². The van der Waals surface area contributed by atoms with Gasteiger partial charge in [-0.25, -0.2) is 0 Å². The van der Waals surface area contributed by atoms with E-state index in [0.717, 1.165) is 17.8 Å². The van der Waals surface area contributed by atoms with Crippen LogP contribution in [0.2, 0.25) is 0 Å². The Hall–Kier alpha value is -2.00. The summed E-state index contributed by atoms with van der Waals surface area (Å²) in [6.07, 6.45) is 0. The molecule has 0 saturated heterocycles. The minimum atomic E-state index is 0.439. The van der Waals surface area contributed by atoms with Crippen molar-refractivity contribution in [2.24, 2.45) is 20.4 Å². The van der Waals surface area contributed by atoms with Gasteiger partial charge in [0.05, 0.1) is 5.71 Å². The van der Waals surface area contributed by atoms with Crippen LogP contribution in [0.25, 0.3) is 0 Å². The van der Waals surface area contributed by atoms with Crippen LogP contribution in [-0.4, -0.2) is 48.9 Å². The van der Waals surface area contributed by atoms with Crippen LogP contribution in [0.15, 0.2) is 44.7 Å². The van der Waals surface area contributed by atoms with Crippen molar-refractivity contribution in [3.05, 3.63) is 29.8 Å². The van der Waals surface area contributed by atoms with Crippen molar-refractivity contribution >= 4 is 52.7 Å². The van der Waals surface area contributed by atoms with Crippen LogP contribution in [0.4, 0.5) is 5.69 Å². The van der Waals surface area contributed by atoms with Gasteiger partial charge >= 0.3 is 0 Å². The van der Waals surface area contributed by atoms with Crippen molar-refractivity contribution in [3.8, 4) is 0 Å². The number of hydrogen-bond donors (Lipinski definition) is 4. The maximum Gasteiger partial charge on any atom is 0.180 e. The standard InChI is InChI=1S/C17H27N7S2/c1-6-18-16(25)22-20-12(3)15(21-23-17(26)19-7-2)13-8-10-14(11-9-13)24(4)5/h8-11H,6-7H2,1-5H3,(H2,18,22,25)(H2,19,23,26)/b20-12+,21-15-. The fourth-order valence-electron chi connectivity index (χ4n) is 1.91. The van der Waals surface area contributed by atoms with Crippen LogP contribution < -0.4 is 15.5 Å². The topological polar surface area (TPSA) is 76.7 Å². The molecule has 0 unspecified atom stereocenters. The van der Waals surface area contributed by atoms with Crippen molar-refractivity contribution in [1.29, 1.82) is 0 Å². The molecular formula is C17H27N7S2. The largest absolute Gasteiger partial charge is 0.378 e. The Kier molecular flexibility index (Phi) is 9.82. The molecular weight excluding hydrogens is 366 g/mol. The highest BCUT2D eigenvalue weighted by Crippen LogP contribution is 2.14. The molecule has 1 rings (SSSR count). The lowest BCUT2D eigenvalue weighted by atomic mass is 10.1. The van der Waals surface area contributed by atoms with Gasteiger partial charge in [0.2, 0.25) is 0 Å². The summed E-state index contributed by atoms with van der Waals surface area (Å²) in [5.74, 6) is 0. The molecule has 0 aromatic heterocycles. The van der Waals surface area contributed by atoms with E-state index in [-0.39, 0.29) is 0 Å². The third-order valence-electron chi connectivity index (χ3n) is 3.21. The van der Waals surface area contributed by atoms with E-state index in [1.54, 1.807) is 0 Å². The van der Waals surface area contributed by atoms with Crippen LogP contribution in [0.3, 0.4) is 0 Å². The smallest absolute Gasteiger partial charge is 0.180 e. The van der Waals surface area contributed by atoms with Gasteiger partial charge in [0, 0.05) is 38.4 Å². The summed E-state index contributed by atoms with van der Waals surface area (Å²) in [6, 6.07) is 7.98. The van der Waals surface area contributed by atoms with Gasteiger partial charge in [0.1, 0.15) is 5.71 Å². The Morgan fingerprint density at radius 2 is 1.38 bits per heavy atom. The molecule has 0 fully saturated rings. The van der Waals surface area contributed by atoms with E-state index >= 15 is 0 Å². The van der Waals surface area contributed by atoms with Gasteiger partial charge in [-0.15, -0.1) is 40.6 Å². The minimum Gasteiger partial charge on any atom is -0.378 e. The molecule has 1 aromatic carbocycles. The predicted molar refractivity (Wildman–Crippen MR) is 121 cm³/mol. The Bertz CT molecular complexity index is 692. The van der Waals surface area contributed by atoms with E-state index in [2.05, 4.69) is 56.3 Å². The first kappa shape index (κ1) is 22.0. The molecule has 0 heterocycles. The SMILES string of the molecule is CCN/C(S)=N/N=C(C)/C(=N/N=C(\S)NCC)c1ccc(N(C)C)cc1. The number of benzene rings is 1. The summed E-state index contributed by atoms with van der Waals surface area (Å²) >= 11 is 8.48. The van der Waals surface area contributed by atoms with Gasteiger partial charge < -0.3 is 15.5 Å². The highest BCUT2D eigenvalue weighted by atomic mass is 32.1. The Balaban J connectivity index is 3.25. The highest BCUT2D eigenvalue weighted by Gasteiger charge is 2.09. The molecule has 0 saturated carbocycles. The lowest BCUT2D eigenvalue weighted by Gasteiger charge is -2.13. The maximum absolute atomic E-state index is 4.32. The number of thiol groups is 2. The average Bonchev–Trinajstić information content (AvgIpc) is 2.61. The van der Waals surface area contributed by atoms with E-state index in [0.29, 0.717) is 28.3 Å². The van der Waals surface area contributed by atoms with E-state index in [1.807, 2.05) is 64.0 Å². The van der Waals surface area contributed by atoms with Gasteiger partial charge in [-0.1, -0.05) is 12.1 Å². The highest BCUT2D eigenvalue weighted by molar-refractivity contribution is 7.97. The molecule has 0 aliphatic heterocycles. The Labute approximate surface area is 166 Å². The van der Waals surface area contributed by atoms with Crippen molar-refractivity contribution in [1.82, 2.24) is 10.6 Å². The Morgan fingerprint density at radius 1 is 0.885 bits per heavy atom. The van der Waals surface area contributed by atoms with Crippen LogP contribution in [-0.2, 0) is 0 Å². The summed E-state index contributed by atoms with van der Waals surface area (Å²) in [6.45, 7) is 7.20. The zero-order valence-corrected chi connectivity index (χ0v) is 17.6. The normalized spacial score (nSPS) is 13.7. The molecule has 2 N–H and O–H groups in total. The molecule has 142 valence electrons. The number of hydrogen-bond acceptors (Lipinski definition) is 5. The predicted octanol–water partition coefficient (Wildman–Crippen LogP) is 2.62. The third kappa shape index (κ3) is 7.49. The molecule has 0 aliphatic rings. The first-order valence-electron chi connectivity index (χ1n) is 8.30. The van der Waals surface area contributed by atoms with Crippen molar-refractivity contribution in [3.63, 3.8) is 0 Å². The van der Waals surface area contributed by atoms with E-state index < -0.39 is 0 Å². The second kappa shape index (κ2) is 11.6. The number of nitrogens with zero attached hydrogens (tertiary/aromatic N) is 5. The quantitative estimate of drug-likeness (QED) is 0.249. The summed E-state index contributed by atoms with van der Waals surface area (Å²) in [4.78, 5) is 2.03. The minimum absolute atomic E-state index is 0.439. The van der Waals surface area contributed by atoms with Crippen LogP contribution in [0.1, 0.15) is 26.3 Å². The zero-order chi connectivity index (χ0) is 19.5. The number of anilines is 1. The van der Waals surface area contributed by atoms with Gasteiger partial charge in [0.25, 0.3) is 0 Å². The van der Waals surface area contributed by atoms with Crippen molar-refractivity contribution in [2.75, 3.05) is 32.1 Å². The Morgan fingerprint density at radius 3 is 1.85 bits per heavy atom. The summed E-state index contributed by atoms with van der Waals surface area (Å²) in [5.41, 5.74) is 3.21. The van der Waals surface area contributed by atoms with Gasteiger partial charge in [-0.05, 0) is 32.9 Å². The van der Waals surface area contributed by atoms with E-state index in [1.165, 1.54) is 0 Å². The van der Waals surface area contributed by atoms with Crippen molar-refractivity contribution < 1.29 is 0 Å². The summed E-state index contributed by atoms with van der Waals surface area (Å²) in [5, 5.41) is 23.6. The van der Waals surface area contributed by atoms with Gasteiger partial charge in [0.15, 0.2) is 10.3 Å². The average molecular weight is 394 g/mol. The zero-order valence-electron chi connectivity index (χ0n) is 15.9. The van der Waals surface area contributed by atoms with E-state index in [9.17, 15) is 0 Å². The first-order chi connectivity index (χ1) is 12.4. The fraction of sp³-hybridized carbons (Fsp3) is 0.412. The van der Waals surface area contributed by atoms with Crippen LogP contribution in [0, 0.1) is 0 Å². The van der Waals surface area contributed by atoms with Gasteiger partial charge in [-0.3, -0.25) is 0 Å². The third-order valence-corrected chi connectivity index (χ3v) is 3.70. The molecule has 0 radical (unpaired) electrons. The van der Waals surface area contributed by atoms with E-state index in [4.69, 9.17) is 0 Å². The maximum atomic E-state index is 4.32. The molecule has 0 atom stereocenters. The lowest BCUT2D eigenvalue weighted by molar-refractivity contribution is 0.970.